The number of benzene rings is 2. The predicted octanol–water partition coefficient (Wildman–Crippen LogP) is 2.59. The summed E-state index contributed by atoms with van der Waals surface area (Å²) in [6.07, 6.45) is 0.511. The van der Waals surface area contributed by atoms with E-state index in [4.69, 9.17) is 5.73 Å². The van der Waals surface area contributed by atoms with Crippen LogP contribution >= 0.6 is 0 Å². The summed E-state index contributed by atoms with van der Waals surface area (Å²) < 4.78 is 24.6. The van der Waals surface area contributed by atoms with Gasteiger partial charge in [-0.05, 0) is 36.6 Å². The lowest BCUT2D eigenvalue weighted by molar-refractivity contribution is 0.594. The largest absolute Gasteiger partial charge is 0.399 e. The van der Waals surface area contributed by atoms with E-state index in [1.807, 2.05) is 30.3 Å². The Morgan fingerprint density at radius 3 is 2.42 bits per heavy atom. The van der Waals surface area contributed by atoms with E-state index < -0.39 is 9.84 Å². The van der Waals surface area contributed by atoms with E-state index in [1.165, 1.54) is 6.07 Å². The molecule has 100 valence electrons. The number of nitrogens with two attached hydrogens (primary N) is 1. The van der Waals surface area contributed by atoms with Gasteiger partial charge in [0.1, 0.15) is 0 Å². The Hall–Kier alpha value is -1.81. The first-order valence-electron chi connectivity index (χ1n) is 6.12. The number of hydrogen-bond donors (Lipinski definition) is 1. The standard InChI is InChI=1S/C15H17NO2S/c1-12-7-8-14(16)11-15(12)19(17,18)10-9-13-5-3-2-4-6-13/h2-8,11H,9-10,16H2,1H3. The van der Waals surface area contributed by atoms with Crippen molar-refractivity contribution >= 4 is 15.5 Å². The number of rotatable bonds is 4. The maximum absolute atomic E-state index is 12.3. The molecule has 0 heterocycles. The van der Waals surface area contributed by atoms with Crippen molar-refractivity contribution in [2.24, 2.45) is 0 Å². The molecule has 0 aliphatic carbocycles. The van der Waals surface area contributed by atoms with Gasteiger partial charge in [0.25, 0.3) is 0 Å². The van der Waals surface area contributed by atoms with Gasteiger partial charge < -0.3 is 5.73 Å². The quantitative estimate of drug-likeness (QED) is 0.872. The van der Waals surface area contributed by atoms with Gasteiger partial charge in [0, 0.05) is 5.69 Å². The Morgan fingerprint density at radius 1 is 1.05 bits per heavy atom. The first-order valence-corrected chi connectivity index (χ1v) is 7.77. The number of hydrogen-bond acceptors (Lipinski definition) is 3. The normalized spacial score (nSPS) is 11.4. The lowest BCUT2D eigenvalue weighted by atomic mass is 10.2. The number of sulfone groups is 1. The topological polar surface area (TPSA) is 60.2 Å². The molecule has 0 aliphatic heterocycles. The lowest BCUT2D eigenvalue weighted by Crippen LogP contribution is -2.11. The van der Waals surface area contributed by atoms with Crippen LogP contribution in [0, 0.1) is 6.92 Å². The van der Waals surface area contributed by atoms with Crippen molar-refractivity contribution in [3.05, 3.63) is 59.7 Å². The van der Waals surface area contributed by atoms with Gasteiger partial charge in [0.05, 0.1) is 10.6 Å². The first-order chi connectivity index (χ1) is 8.99. The van der Waals surface area contributed by atoms with Crippen molar-refractivity contribution < 1.29 is 8.42 Å². The molecule has 0 spiro atoms. The summed E-state index contributed by atoms with van der Waals surface area (Å²) in [5, 5.41) is 0. The van der Waals surface area contributed by atoms with E-state index in [9.17, 15) is 8.42 Å². The smallest absolute Gasteiger partial charge is 0.179 e. The Labute approximate surface area is 114 Å². The molecule has 0 aliphatic rings. The van der Waals surface area contributed by atoms with E-state index >= 15 is 0 Å². The van der Waals surface area contributed by atoms with Crippen LogP contribution in [0.5, 0.6) is 0 Å². The van der Waals surface area contributed by atoms with Crippen LogP contribution in [0.4, 0.5) is 5.69 Å². The minimum Gasteiger partial charge on any atom is -0.399 e. The fourth-order valence-electron chi connectivity index (χ4n) is 1.96. The average Bonchev–Trinajstić information content (AvgIpc) is 2.40. The molecular weight excluding hydrogens is 258 g/mol. The summed E-state index contributed by atoms with van der Waals surface area (Å²) in [6.45, 7) is 1.79. The van der Waals surface area contributed by atoms with E-state index in [0.29, 0.717) is 17.0 Å². The summed E-state index contributed by atoms with van der Waals surface area (Å²) in [5.74, 6) is 0.0985. The van der Waals surface area contributed by atoms with Crippen molar-refractivity contribution in [2.75, 3.05) is 11.5 Å². The minimum absolute atomic E-state index is 0.0985. The molecule has 0 unspecified atom stereocenters. The average molecular weight is 275 g/mol. The fraction of sp³-hybridized carbons (Fsp3) is 0.200. The molecule has 0 radical (unpaired) electrons. The molecular formula is C15H17NO2S. The third-order valence-corrected chi connectivity index (χ3v) is 4.90. The second-order valence-corrected chi connectivity index (χ2v) is 6.66. The van der Waals surface area contributed by atoms with Crippen molar-refractivity contribution in [3.8, 4) is 0 Å². The van der Waals surface area contributed by atoms with Crippen LogP contribution in [-0.2, 0) is 16.3 Å². The minimum atomic E-state index is -3.29. The maximum Gasteiger partial charge on any atom is 0.179 e. The molecule has 2 N–H and O–H groups in total. The predicted molar refractivity (Wildman–Crippen MR) is 77.8 cm³/mol. The highest BCUT2D eigenvalue weighted by Gasteiger charge is 2.17. The Bertz CT molecular complexity index is 664. The van der Waals surface area contributed by atoms with Crippen LogP contribution in [0.15, 0.2) is 53.4 Å². The highest BCUT2D eigenvalue weighted by molar-refractivity contribution is 7.91. The summed E-state index contributed by atoms with van der Waals surface area (Å²) >= 11 is 0. The molecule has 2 aromatic carbocycles. The van der Waals surface area contributed by atoms with Gasteiger partial charge in [0.15, 0.2) is 9.84 Å². The zero-order valence-corrected chi connectivity index (χ0v) is 11.7. The van der Waals surface area contributed by atoms with Crippen molar-refractivity contribution in [2.45, 2.75) is 18.2 Å². The van der Waals surface area contributed by atoms with Gasteiger partial charge in [-0.3, -0.25) is 0 Å². The Balaban J connectivity index is 2.21. The maximum atomic E-state index is 12.3. The van der Waals surface area contributed by atoms with Crippen molar-refractivity contribution in [1.29, 1.82) is 0 Å². The lowest BCUT2D eigenvalue weighted by Gasteiger charge is -2.08. The van der Waals surface area contributed by atoms with E-state index in [2.05, 4.69) is 0 Å². The number of anilines is 1. The highest BCUT2D eigenvalue weighted by Crippen LogP contribution is 2.20. The summed E-state index contributed by atoms with van der Waals surface area (Å²) in [4.78, 5) is 0.337. The van der Waals surface area contributed by atoms with E-state index in [0.717, 1.165) is 11.1 Å². The van der Waals surface area contributed by atoms with Gasteiger partial charge >= 0.3 is 0 Å². The molecule has 2 rings (SSSR count). The molecule has 0 amide bonds. The molecule has 0 atom stereocenters. The zero-order valence-electron chi connectivity index (χ0n) is 10.8. The SMILES string of the molecule is Cc1ccc(N)cc1S(=O)(=O)CCc1ccccc1. The Kier molecular flexibility index (Phi) is 3.90. The van der Waals surface area contributed by atoms with Crippen molar-refractivity contribution in [3.63, 3.8) is 0 Å². The molecule has 3 nitrogen and oxygen atoms in total. The van der Waals surface area contributed by atoms with Gasteiger partial charge in [-0.2, -0.15) is 0 Å². The zero-order chi connectivity index (χ0) is 13.9. The van der Waals surface area contributed by atoms with Gasteiger partial charge in [-0.15, -0.1) is 0 Å². The van der Waals surface area contributed by atoms with Crippen LogP contribution in [-0.4, -0.2) is 14.2 Å². The van der Waals surface area contributed by atoms with Crippen LogP contribution < -0.4 is 5.73 Å². The molecule has 0 fully saturated rings. The van der Waals surface area contributed by atoms with E-state index in [1.54, 1.807) is 19.1 Å². The summed E-state index contributed by atoms with van der Waals surface area (Å²) in [6, 6.07) is 14.6. The summed E-state index contributed by atoms with van der Waals surface area (Å²) in [5.41, 5.74) is 7.90. The van der Waals surface area contributed by atoms with Crippen molar-refractivity contribution in [1.82, 2.24) is 0 Å². The fourth-order valence-corrected chi connectivity index (χ4v) is 3.56. The van der Waals surface area contributed by atoms with Crippen LogP contribution in [0.1, 0.15) is 11.1 Å². The third-order valence-electron chi connectivity index (χ3n) is 3.05. The van der Waals surface area contributed by atoms with Crippen LogP contribution in [0.25, 0.3) is 0 Å². The Morgan fingerprint density at radius 2 is 1.74 bits per heavy atom. The number of aryl methyl sites for hydroxylation is 2. The van der Waals surface area contributed by atoms with Gasteiger partial charge in [-0.1, -0.05) is 36.4 Å². The third kappa shape index (κ3) is 3.35. The molecule has 2 aromatic rings. The van der Waals surface area contributed by atoms with Gasteiger partial charge in [-0.25, -0.2) is 8.42 Å². The molecule has 0 saturated carbocycles. The van der Waals surface area contributed by atoms with E-state index in [-0.39, 0.29) is 5.75 Å². The van der Waals surface area contributed by atoms with Gasteiger partial charge in [0.2, 0.25) is 0 Å². The number of nitrogen functional groups attached to an aromatic ring is 1. The molecule has 19 heavy (non-hydrogen) atoms. The first kappa shape index (κ1) is 13.6. The molecule has 0 bridgehead atoms. The molecule has 0 saturated heterocycles. The van der Waals surface area contributed by atoms with Crippen LogP contribution in [0.3, 0.4) is 0 Å². The highest BCUT2D eigenvalue weighted by atomic mass is 32.2. The van der Waals surface area contributed by atoms with Crippen LogP contribution in [0.2, 0.25) is 0 Å². The molecule has 4 heteroatoms. The summed E-state index contributed by atoms with van der Waals surface area (Å²) in [7, 11) is -3.29. The molecule has 0 aromatic heterocycles. The monoisotopic (exact) mass is 275 g/mol. The second kappa shape index (κ2) is 5.45. The second-order valence-electron chi connectivity index (χ2n) is 4.58.